The molecule has 1 unspecified atom stereocenters. The van der Waals surface area contributed by atoms with Crippen molar-refractivity contribution in [1.82, 2.24) is 0 Å². The van der Waals surface area contributed by atoms with E-state index in [0.29, 0.717) is 16.5 Å². The molecule has 0 bridgehead atoms. The number of benzene rings is 1. The summed E-state index contributed by atoms with van der Waals surface area (Å²) in [6.07, 6.45) is 0.371. The molecule has 0 radical (unpaired) electrons. The minimum atomic E-state index is -0.438. The van der Waals surface area contributed by atoms with E-state index in [4.69, 9.17) is 15.6 Å². The van der Waals surface area contributed by atoms with Gasteiger partial charge in [-0.2, -0.15) is 0 Å². The van der Waals surface area contributed by atoms with Crippen LogP contribution in [-0.2, 0) is 6.42 Å². The second-order valence-corrected chi connectivity index (χ2v) is 4.14. The molecule has 0 aliphatic carbocycles. The minimum absolute atomic E-state index is 0.142. The summed E-state index contributed by atoms with van der Waals surface area (Å²) in [6.45, 7) is -0.142. The molecule has 0 heterocycles. The van der Waals surface area contributed by atoms with E-state index in [9.17, 15) is 4.39 Å². The van der Waals surface area contributed by atoms with E-state index in [-0.39, 0.29) is 12.4 Å². The third kappa shape index (κ3) is 3.15. The quantitative estimate of drug-likeness (QED) is 0.876. The van der Waals surface area contributed by atoms with Gasteiger partial charge in [-0.05, 0) is 24.1 Å². The highest BCUT2D eigenvalue weighted by Crippen LogP contribution is 2.27. The highest BCUT2D eigenvalue weighted by molar-refractivity contribution is 9.10. The molecule has 1 rings (SSSR count). The van der Waals surface area contributed by atoms with Gasteiger partial charge in [-0.1, -0.05) is 15.9 Å². The zero-order chi connectivity index (χ0) is 11.4. The minimum Gasteiger partial charge on any atom is -0.493 e. The van der Waals surface area contributed by atoms with Gasteiger partial charge in [0.25, 0.3) is 0 Å². The molecule has 0 aromatic heterocycles. The predicted octanol–water partition coefficient (Wildman–Crippen LogP) is 1.46. The van der Waals surface area contributed by atoms with Crippen LogP contribution in [0, 0.1) is 5.82 Å². The highest BCUT2D eigenvalue weighted by Gasteiger charge is 2.13. The number of hydrogen-bond acceptors (Lipinski definition) is 3. The summed E-state index contributed by atoms with van der Waals surface area (Å²) in [5.41, 5.74) is 6.23. The molecule has 0 amide bonds. The zero-order valence-corrected chi connectivity index (χ0v) is 9.92. The first-order chi connectivity index (χ1) is 7.08. The second kappa shape index (κ2) is 5.44. The van der Waals surface area contributed by atoms with Gasteiger partial charge in [0.2, 0.25) is 0 Å². The Hall–Kier alpha value is -0.650. The van der Waals surface area contributed by atoms with Crippen molar-refractivity contribution < 1.29 is 14.2 Å². The van der Waals surface area contributed by atoms with E-state index in [1.165, 1.54) is 13.2 Å². The lowest BCUT2D eigenvalue weighted by Crippen LogP contribution is -2.27. The van der Waals surface area contributed by atoms with Crippen LogP contribution < -0.4 is 10.5 Å². The molecule has 0 saturated heterocycles. The molecule has 0 spiro atoms. The molecule has 0 fully saturated rings. The largest absolute Gasteiger partial charge is 0.493 e. The lowest BCUT2D eigenvalue weighted by Gasteiger charge is -2.13. The second-order valence-electron chi connectivity index (χ2n) is 3.23. The van der Waals surface area contributed by atoms with Crippen LogP contribution >= 0.6 is 15.9 Å². The van der Waals surface area contributed by atoms with Gasteiger partial charge >= 0.3 is 0 Å². The summed E-state index contributed by atoms with van der Waals surface area (Å²) in [6, 6.07) is 2.65. The van der Waals surface area contributed by atoms with Crippen molar-refractivity contribution in [1.29, 1.82) is 0 Å². The third-order valence-electron chi connectivity index (χ3n) is 2.01. The summed E-state index contributed by atoms with van der Waals surface area (Å²) in [4.78, 5) is 0. The first-order valence-electron chi connectivity index (χ1n) is 4.46. The Morgan fingerprint density at radius 2 is 2.27 bits per heavy atom. The fourth-order valence-electron chi connectivity index (χ4n) is 1.34. The molecule has 3 N–H and O–H groups in total. The Labute approximate surface area is 96.2 Å². The molecule has 1 atom stereocenters. The SMILES string of the molecule is COc1c(F)cc(Br)cc1CC(N)CO. The normalized spacial score (nSPS) is 12.6. The fraction of sp³-hybridized carbons (Fsp3) is 0.400. The van der Waals surface area contributed by atoms with Gasteiger partial charge in [0.15, 0.2) is 11.6 Å². The molecule has 0 saturated carbocycles. The molecule has 1 aromatic rings. The van der Waals surface area contributed by atoms with E-state index in [1.807, 2.05) is 0 Å². The van der Waals surface area contributed by atoms with Crippen molar-refractivity contribution in [2.75, 3.05) is 13.7 Å². The third-order valence-corrected chi connectivity index (χ3v) is 2.46. The number of ether oxygens (including phenoxy) is 1. The Balaban J connectivity index is 3.03. The summed E-state index contributed by atoms with van der Waals surface area (Å²) in [7, 11) is 1.40. The molecule has 5 heteroatoms. The Morgan fingerprint density at radius 1 is 1.60 bits per heavy atom. The number of rotatable bonds is 4. The van der Waals surface area contributed by atoms with Crippen LogP contribution in [0.5, 0.6) is 5.75 Å². The average molecular weight is 278 g/mol. The maximum absolute atomic E-state index is 13.4. The van der Waals surface area contributed by atoms with Crippen molar-refractivity contribution in [3.8, 4) is 5.75 Å². The van der Waals surface area contributed by atoms with Crippen molar-refractivity contribution in [2.45, 2.75) is 12.5 Å². The monoisotopic (exact) mass is 277 g/mol. The number of hydrogen-bond donors (Lipinski definition) is 2. The number of methoxy groups -OCH3 is 1. The standard InChI is InChI=1S/C10H13BrFNO2/c1-15-10-6(3-8(13)5-14)2-7(11)4-9(10)12/h2,4,8,14H,3,5,13H2,1H3. The zero-order valence-electron chi connectivity index (χ0n) is 8.34. The van der Waals surface area contributed by atoms with Crippen LogP contribution in [0.25, 0.3) is 0 Å². The number of aliphatic hydroxyl groups is 1. The van der Waals surface area contributed by atoms with Crippen molar-refractivity contribution in [3.63, 3.8) is 0 Å². The maximum atomic E-state index is 13.4. The maximum Gasteiger partial charge on any atom is 0.166 e. The van der Waals surface area contributed by atoms with Crippen LogP contribution in [0.1, 0.15) is 5.56 Å². The molecular weight excluding hydrogens is 265 g/mol. The molecule has 84 valence electrons. The Bertz CT molecular complexity index is 346. The molecule has 3 nitrogen and oxygen atoms in total. The average Bonchev–Trinajstić information content (AvgIpc) is 2.17. The van der Waals surface area contributed by atoms with Crippen molar-refractivity contribution in [3.05, 3.63) is 28.0 Å². The van der Waals surface area contributed by atoms with E-state index >= 15 is 0 Å². The number of nitrogens with two attached hydrogens (primary N) is 1. The van der Waals surface area contributed by atoms with E-state index in [1.54, 1.807) is 6.07 Å². The van der Waals surface area contributed by atoms with Crippen LogP contribution in [0.2, 0.25) is 0 Å². The first kappa shape index (κ1) is 12.4. The summed E-state index contributed by atoms with van der Waals surface area (Å²) in [5, 5.41) is 8.83. The molecule has 15 heavy (non-hydrogen) atoms. The number of halogens is 2. The van der Waals surface area contributed by atoms with Gasteiger partial charge in [-0.25, -0.2) is 4.39 Å². The van der Waals surface area contributed by atoms with Crippen LogP contribution in [0.3, 0.4) is 0 Å². The Morgan fingerprint density at radius 3 is 2.80 bits per heavy atom. The van der Waals surface area contributed by atoms with E-state index in [2.05, 4.69) is 15.9 Å². The predicted molar refractivity (Wildman–Crippen MR) is 59.4 cm³/mol. The first-order valence-corrected chi connectivity index (χ1v) is 5.26. The van der Waals surface area contributed by atoms with Gasteiger partial charge < -0.3 is 15.6 Å². The highest BCUT2D eigenvalue weighted by atomic mass is 79.9. The fourth-order valence-corrected chi connectivity index (χ4v) is 1.82. The van der Waals surface area contributed by atoms with Gasteiger partial charge in [0.1, 0.15) is 0 Å². The lowest BCUT2D eigenvalue weighted by atomic mass is 10.1. The van der Waals surface area contributed by atoms with Gasteiger partial charge in [0, 0.05) is 10.5 Å². The molecule has 0 aliphatic heterocycles. The van der Waals surface area contributed by atoms with E-state index < -0.39 is 11.9 Å². The van der Waals surface area contributed by atoms with Gasteiger partial charge in [0.05, 0.1) is 13.7 Å². The van der Waals surface area contributed by atoms with Crippen LogP contribution in [-0.4, -0.2) is 24.9 Å². The molecule has 1 aromatic carbocycles. The summed E-state index contributed by atoms with van der Waals surface area (Å²) in [5.74, 6) is -0.255. The molecule has 0 aliphatic rings. The Kier molecular flexibility index (Phi) is 4.50. The smallest absolute Gasteiger partial charge is 0.166 e. The van der Waals surface area contributed by atoms with E-state index in [0.717, 1.165) is 0 Å². The molecular formula is C10H13BrFNO2. The lowest BCUT2D eigenvalue weighted by molar-refractivity contribution is 0.264. The van der Waals surface area contributed by atoms with Gasteiger partial charge in [-0.3, -0.25) is 0 Å². The van der Waals surface area contributed by atoms with Gasteiger partial charge in [-0.15, -0.1) is 0 Å². The van der Waals surface area contributed by atoms with Crippen LogP contribution in [0.15, 0.2) is 16.6 Å². The van der Waals surface area contributed by atoms with Crippen molar-refractivity contribution in [2.24, 2.45) is 5.73 Å². The topological polar surface area (TPSA) is 55.5 Å². The van der Waals surface area contributed by atoms with Crippen molar-refractivity contribution >= 4 is 15.9 Å². The van der Waals surface area contributed by atoms with Crippen LogP contribution in [0.4, 0.5) is 4.39 Å². The number of aliphatic hydroxyl groups excluding tert-OH is 1. The summed E-state index contributed by atoms with van der Waals surface area (Å²) >= 11 is 3.19. The summed E-state index contributed by atoms with van der Waals surface area (Å²) < 4.78 is 19.0.